The minimum absolute atomic E-state index is 0.0175. The molecule has 5 nitrogen and oxygen atoms in total. The minimum atomic E-state index is 0.0175. The van der Waals surface area contributed by atoms with Gasteiger partial charge in [0, 0.05) is 10.9 Å². The maximum absolute atomic E-state index is 12.4. The van der Waals surface area contributed by atoms with E-state index in [0.29, 0.717) is 28.2 Å². The topological polar surface area (TPSA) is 63.8 Å². The van der Waals surface area contributed by atoms with Crippen LogP contribution < -0.4 is 10.2 Å². The summed E-state index contributed by atoms with van der Waals surface area (Å²) in [5.41, 5.74) is 3.63. The van der Waals surface area contributed by atoms with Crippen molar-refractivity contribution in [2.45, 2.75) is 32.6 Å². The molecule has 0 spiro atoms. The monoisotopic (exact) mass is 386 g/mol. The molecule has 1 N–H and O–H groups in total. The molecule has 4 rings (SSSR count). The van der Waals surface area contributed by atoms with E-state index in [1.807, 2.05) is 6.07 Å². The number of amides is 1. The Labute approximate surface area is 163 Å². The zero-order valence-corrected chi connectivity index (χ0v) is 16.3. The van der Waals surface area contributed by atoms with E-state index in [1.54, 1.807) is 31.4 Å². The van der Waals surface area contributed by atoms with Crippen molar-refractivity contribution in [3.63, 3.8) is 0 Å². The number of fused-ring (bicyclic) bond motifs is 1. The van der Waals surface area contributed by atoms with Gasteiger partial charge >= 0.3 is 0 Å². The van der Waals surface area contributed by atoms with Gasteiger partial charge in [0.2, 0.25) is 5.91 Å². The molecule has 6 heteroatoms. The quantitative estimate of drug-likeness (QED) is 0.588. The van der Waals surface area contributed by atoms with Gasteiger partial charge in [0.05, 0.1) is 18.9 Å². The fourth-order valence-electron chi connectivity index (χ4n) is 4.52. The lowest BCUT2D eigenvalue weighted by Crippen LogP contribution is -2.22. The Balaban J connectivity index is 1.41. The molecule has 1 heterocycles. The maximum Gasteiger partial charge on any atom is 0.244 e. The zero-order valence-electron chi connectivity index (χ0n) is 15.5. The van der Waals surface area contributed by atoms with E-state index in [-0.39, 0.29) is 17.2 Å². The SMILES string of the molecule is COc1ccc(Cl)cc1-c1ccc(/C=N\NC(=O)[C@@H]2[C@@H]3CCCC[C@]23C)o1. The van der Waals surface area contributed by atoms with Crippen molar-refractivity contribution in [3.8, 4) is 17.1 Å². The molecule has 2 saturated carbocycles. The van der Waals surface area contributed by atoms with Crippen molar-refractivity contribution in [2.24, 2.45) is 22.4 Å². The highest BCUT2D eigenvalue weighted by Crippen LogP contribution is 2.66. The molecule has 1 aromatic carbocycles. The maximum atomic E-state index is 12.4. The van der Waals surface area contributed by atoms with Crippen LogP contribution >= 0.6 is 11.6 Å². The lowest BCUT2D eigenvalue weighted by Gasteiger charge is -2.15. The van der Waals surface area contributed by atoms with E-state index >= 15 is 0 Å². The van der Waals surface area contributed by atoms with Crippen molar-refractivity contribution >= 4 is 23.7 Å². The van der Waals surface area contributed by atoms with Crippen LogP contribution in [0.15, 0.2) is 39.9 Å². The molecule has 1 amide bonds. The van der Waals surface area contributed by atoms with Crippen LogP contribution in [0.3, 0.4) is 0 Å². The lowest BCUT2D eigenvalue weighted by atomic mass is 9.90. The number of ether oxygens (including phenoxy) is 1. The van der Waals surface area contributed by atoms with Gasteiger partial charge in [-0.25, -0.2) is 5.43 Å². The second-order valence-corrected chi connectivity index (χ2v) is 8.05. The van der Waals surface area contributed by atoms with Gasteiger partial charge in [0.15, 0.2) is 0 Å². The van der Waals surface area contributed by atoms with Gasteiger partial charge in [-0.2, -0.15) is 5.10 Å². The average Bonchev–Trinajstić information content (AvgIpc) is 3.03. The van der Waals surface area contributed by atoms with Gasteiger partial charge in [-0.3, -0.25) is 4.79 Å². The summed E-state index contributed by atoms with van der Waals surface area (Å²) in [5, 5.41) is 4.68. The Morgan fingerprint density at radius 2 is 2.22 bits per heavy atom. The van der Waals surface area contributed by atoms with Crippen LogP contribution in [0.2, 0.25) is 5.02 Å². The molecular formula is C21H23ClN2O3. The molecule has 0 unspecified atom stereocenters. The number of nitrogens with zero attached hydrogens (tertiary/aromatic N) is 1. The zero-order chi connectivity index (χ0) is 19.0. The first-order chi connectivity index (χ1) is 13.0. The summed E-state index contributed by atoms with van der Waals surface area (Å²) < 4.78 is 11.2. The van der Waals surface area contributed by atoms with Crippen molar-refractivity contribution in [3.05, 3.63) is 41.1 Å². The van der Waals surface area contributed by atoms with Gasteiger partial charge in [0.25, 0.3) is 0 Å². The van der Waals surface area contributed by atoms with Crippen molar-refractivity contribution in [1.82, 2.24) is 5.43 Å². The molecule has 0 saturated heterocycles. The molecule has 2 aliphatic rings. The highest BCUT2D eigenvalue weighted by atomic mass is 35.5. The smallest absolute Gasteiger partial charge is 0.244 e. The highest BCUT2D eigenvalue weighted by molar-refractivity contribution is 6.30. The first kappa shape index (κ1) is 18.1. The second-order valence-electron chi connectivity index (χ2n) is 7.62. The van der Waals surface area contributed by atoms with Crippen LogP contribution in [0.1, 0.15) is 38.4 Å². The number of hydrogen-bond acceptors (Lipinski definition) is 4. The number of carbonyl (C=O) groups excluding carboxylic acids is 1. The van der Waals surface area contributed by atoms with Crippen LogP contribution in [0.5, 0.6) is 5.75 Å². The number of methoxy groups -OCH3 is 1. The van der Waals surface area contributed by atoms with Crippen LogP contribution in [-0.4, -0.2) is 19.2 Å². The summed E-state index contributed by atoms with van der Waals surface area (Å²) in [6, 6.07) is 8.97. The number of hydrogen-bond donors (Lipinski definition) is 1. The summed E-state index contributed by atoms with van der Waals surface area (Å²) >= 11 is 6.08. The second kappa shape index (κ2) is 7.04. The molecule has 0 bridgehead atoms. The third kappa shape index (κ3) is 3.36. The van der Waals surface area contributed by atoms with Crippen LogP contribution in [0.25, 0.3) is 11.3 Å². The normalized spacial score (nSPS) is 26.6. The van der Waals surface area contributed by atoms with Crippen molar-refractivity contribution < 1.29 is 13.9 Å². The molecular weight excluding hydrogens is 364 g/mol. The van der Waals surface area contributed by atoms with E-state index in [1.165, 1.54) is 19.1 Å². The summed E-state index contributed by atoms with van der Waals surface area (Å²) in [5.74, 6) is 2.49. The summed E-state index contributed by atoms with van der Waals surface area (Å²) in [7, 11) is 1.60. The third-order valence-corrected chi connectivity index (χ3v) is 6.27. The van der Waals surface area contributed by atoms with Gasteiger partial charge < -0.3 is 9.15 Å². The average molecular weight is 387 g/mol. The third-order valence-electron chi connectivity index (χ3n) is 6.03. The first-order valence-corrected chi connectivity index (χ1v) is 9.67. The van der Waals surface area contributed by atoms with Crippen LogP contribution in [-0.2, 0) is 4.79 Å². The number of carbonyl (C=O) groups is 1. The van der Waals surface area contributed by atoms with Gasteiger partial charge in [-0.1, -0.05) is 31.4 Å². The minimum Gasteiger partial charge on any atom is -0.496 e. The number of furan rings is 1. The largest absolute Gasteiger partial charge is 0.496 e. The summed E-state index contributed by atoms with van der Waals surface area (Å²) in [4.78, 5) is 12.4. The fraction of sp³-hybridized carbons (Fsp3) is 0.429. The number of hydrazone groups is 1. The molecule has 0 aliphatic heterocycles. The molecule has 0 radical (unpaired) electrons. The van der Waals surface area contributed by atoms with E-state index < -0.39 is 0 Å². The van der Waals surface area contributed by atoms with Crippen LogP contribution in [0, 0.1) is 17.3 Å². The predicted octanol–water partition coefficient (Wildman–Crippen LogP) is 4.89. The molecule has 2 aromatic rings. The van der Waals surface area contributed by atoms with Crippen molar-refractivity contribution in [2.75, 3.05) is 7.11 Å². The number of benzene rings is 1. The van der Waals surface area contributed by atoms with Crippen molar-refractivity contribution in [1.29, 1.82) is 0 Å². The Morgan fingerprint density at radius 3 is 2.96 bits per heavy atom. The van der Waals surface area contributed by atoms with E-state index in [4.69, 9.17) is 20.8 Å². The van der Waals surface area contributed by atoms with Gasteiger partial charge in [-0.15, -0.1) is 0 Å². The number of rotatable bonds is 5. The van der Waals surface area contributed by atoms with Gasteiger partial charge in [-0.05, 0) is 54.5 Å². The number of halogens is 1. The Morgan fingerprint density at radius 1 is 1.37 bits per heavy atom. The van der Waals surface area contributed by atoms with Crippen LogP contribution in [0.4, 0.5) is 0 Å². The van der Waals surface area contributed by atoms with E-state index in [9.17, 15) is 4.79 Å². The molecule has 1 aromatic heterocycles. The number of nitrogens with one attached hydrogen (secondary N) is 1. The Kier molecular flexibility index (Phi) is 4.72. The molecule has 3 atom stereocenters. The van der Waals surface area contributed by atoms with Gasteiger partial charge in [0.1, 0.15) is 17.3 Å². The Bertz CT molecular complexity index is 891. The summed E-state index contributed by atoms with van der Waals surface area (Å²) in [6.07, 6.45) is 6.27. The molecule has 142 valence electrons. The Hall–Kier alpha value is -2.27. The predicted molar refractivity (Wildman–Crippen MR) is 105 cm³/mol. The van der Waals surface area contributed by atoms with E-state index in [2.05, 4.69) is 17.5 Å². The first-order valence-electron chi connectivity index (χ1n) is 9.29. The standard InChI is InChI=1S/C21H23ClN2O3/c1-21-10-4-3-5-16(21)19(21)20(25)24-23-12-14-7-9-18(27-14)15-11-13(22)6-8-17(15)26-2/h6-9,11-12,16,19H,3-5,10H2,1-2H3,(H,24,25)/b23-12-/t16-,19-,21-/m0/s1. The highest BCUT2D eigenvalue weighted by Gasteiger charge is 2.64. The van der Waals surface area contributed by atoms with E-state index in [0.717, 1.165) is 18.4 Å². The molecule has 2 fully saturated rings. The molecule has 2 aliphatic carbocycles. The fourth-order valence-corrected chi connectivity index (χ4v) is 4.69. The lowest BCUT2D eigenvalue weighted by molar-refractivity contribution is -0.123. The summed E-state index contributed by atoms with van der Waals surface area (Å²) in [6.45, 7) is 2.22. The molecule has 27 heavy (non-hydrogen) atoms.